The largest absolute Gasteiger partial charge is 0.467 e. The van der Waals surface area contributed by atoms with Gasteiger partial charge < -0.3 is 8.98 Å². The number of hydrogen-bond donors (Lipinski definition) is 0. The Hall–Kier alpha value is -3.36. The number of aryl methyl sites for hydroxylation is 1. The molecule has 1 atom stereocenters. The number of halogens is 1. The molecule has 0 fully saturated rings. The zero-order valence-electron chi connectivity index (χ0n) is 17.9. The Balaban J connectivity index is 1.81. The second-order valence-corrected chi connectivity index (χ2v) is 10.2. The van der Waals surface area contributed by atoms with Crippen LogP contribution in [-0.2, 0) is 17.1 Å². The predicted molar refractivity (Wildman–Crippen MR) is 129 cm³/mol. The number of rotatable bonds is 4. The summed E-state index contributed by atoms with van der Waals surface area (Å²) < 4.78 is 33.2. The lowest BCUT2D eigenvalue weighted by Crippen LogP contribution is -2.26. The van der Waals surface area contributed by atoms with Gasteiger partial charge in [0.05, 0.1) is 29.3 Å². The number of aromatic nitrogens is 1. The van der Waals surface area contributed by atoms with Crippen molar-refractivity contribution in [3.05, 3.63) is 93.6 Å². The van der Waals surface area contributed by atoms with Crippen LogP contribution in [-0.4, -0.2) is 29.4 Å². The van der Waals surface area contributed by atoms with Gasteiger partial charge in [0.15, 0.2) is 0 Å². The minimum absolute atomic E-state index is 0.203. The van der Waals surface area contributed by atoms with E-state index in [2.05, 4.69) is 5.10 Å². The molecule has 9 heteroatoms. The normalized spacial score (nSPS) is 16.4. The molecule has 33 heavy (non-hydrogen) atoms. The highest BCUT2D eigenvalue weighted by molar-refractivity contribution is 7.88. The fourth-order valence-corrected chi connectivity index (χ4v) is 5.33. The average Bonchev–Trinajstić information content (AvgIpc) is 3.46. The second kappa shape index (κ2) is 7.90. The van der Waals surface area contributed by atoms with Crippen molar-refractivity contribution in [2.45, 2.75) is 12.5 Å². The van der Waals surface area contributed by atoms with Gasteiger partial charge in [-0.1, -0.05) is 41.9 Å². The van der Waals surface area contributed by atoms with Gasteiger partial charge in [-0.3, -0.25) is 4.79 Å². The molecular formula is C24H20ClN3O4S. The van der Waals surface area contributed by atoms with Gasteiger partial charge in [-0.25, -0.2) is 8.42 Å². The Morgan fingerprint density at radius 1 is 1.03 bits per heavy atom. The Morgan fingerprint density at radius 3 is 2.42 bits per heavy atom. The van der Waals surface area contributed by atoms with Crippen LogP contribution in [0.5, 0.6) is 0 Å². The first-order valence-electron chi connectivity index (χ1n) is 10.2. The number of sulfonamides is 1. The van der Waals surface area contributed by atoms with E-state index in [9.17, 15) is 13.2 Å². The number of furan rings is 1. The zero-order valence-corrected chi connectivity index (χ0v) is 19.5. The van der Waals surface area contributed by atoms with Crippen molar-refractivity contribution in [2.75, 3.05) is 6.26 Å². The third-order valence-corrected chi connectivity index (χ3v) is 7.08. The molecule has 1 aliphatic rings. The van der Waals surface area contributed by atoms with E-state index in [0.29, 0.717) is 27.6 Å². The van der Waals surface area contributed by atoms with E-state index < -0.39 is 16.1 Å². The lowest BCUT2D eigenvalue weighted by Gasteiger charge is -2.18. The highest BCUT2D eigenvalue weighted by Gasteiger charge is 2.38. The van der Waals surface area contributed by atoms with Crippen molar-refractivity contribution in [3.8, 4) is 11.1 Å². The first-order chi connectivity index (χ1) is 15.8. The highest BCUT2D eigenvalue weighted by Crippen LogP contribution is 2.38. The molecule has 1 unspecified atom stereocenters. The summed E-state index contributed by atoms with van der Waals surface area (Å²) in [6, 6.07) is 17.6. The van der Waals surface area contributed by atoms with Crippen LogP contribution in [0.3, 0.4) is 0 Å². The molecule has 5 rings (SSSR count). The number of hydrogen-bond acceptors (Lipinski definition) is 5. The molecule has 7 nitrogen and oxygen atoms in total. The minimum Gasteiger partial charge on any atom is -0.467 e. The molecule has 0 N–H and O–H groups in total. The summed E-state index contributed by atoms with van der Waals surface area (Å²) in [4.78, 5) is 13.6. The molecule has 0 saturated heterocycles. The van der Waals surface area contributed by atoms with Crippen LogP contribution < -0.4 is 5.56 Å². The summed E-state index contributed by atoms with van der Waals surface area (Å²) in [5, 5.41) is 5.87. The van der Waals surface area contributed by atoms with Crippen molar-refractivity contribution in [1.82, 2.24) is 8.98 Å². The number of benzene rings is 2. The lowest BCUT2D eigenvalue weighted by molar-refractivity contribution is 0.322. The Bertz CT molecular complexity index is 1560. The van der Waals surface area contributed by atoms with Crippen molar-refractivity contribution in [3.63, 3.8) is 0 Å². The Kier molecular flexibility index (Phi) is 5.14. The van der Waals surface area contributed by atoms with Gasteiger partial charge in [-0.05, 0) is 35.9 Å². The van der Waals surface area contributed by atoms with Gasteiger partial charge in [0, 0.05) is 29.4 Å². The number of para-hydroxylation sites is 1. The van der Waals surface area contributed by atoms with Gasteiger partial charge in [0.25, 0.3) is 5.56 Å². The summed E-state index contributed by atoms with van der Waals surface area (Å²) in [7, 11) is -2.01. The summed E-state index contributed by atoms with van der Waals surface area (Å²) >= 11 is 6.11. The SMILES string of the molecule is Cn1c(=O)c(C2=NN(S(C)(=O)=O)C(c3ccco3)C2)c(-c2ccc(Cl)cc2)c2ccccc21. The fourth-order valence-electron chi connectivity index (χ4n) is 4.32. The first kappa shape index (κ1) is 21.5. The average molecular weight is 482 g/mol. The quantitative estimate of drug-likeness (QED) is 0.427. The van der Waals surface area contributed by atoms with Crippen molar-refractivity contribution in [1.29, 1.82) is 0 Å². The van der Waals surface area contributed by atoms with Gasteiger partial charge >= 0.3 is 0 Å². The molecule has 0 radical (unpaired) electrons. The molecule has 168 valence electrons. The zero-order chi connectivity index (χ0) is 23.3. The van der Waals surface area contributed by atoms with Gasteiger partial charge in [-0.2, -0.15) is 9.52 Å². The topological polar surface area (TPSA) is 84.9 Å². The number of hydrazone groups is 1. The van der Waals surface area contributed by atoms with E-state index in [4.69, 9.17) is 16.0 Å². The van der Waals surface area contributed by atoms with Crippen molar-refractivity contribution in [2.24, 2.45) is 12.1 Å². The number of fused-ring (bicyclic) bond motifs is 1. The number of pyridine rings is 1. The van der Waals surface area contributed by atoms with E-state index in [-0.39, 0.29) is 12.0 Å². The molecule has 0 aliphatic carbocycles. The van der Waals surface area contributed by atoms with Crippen LogP contribution in [0.15, 0.2) is 81.2 Å². The molecular weight excluding hydrogens is 462 g/mol. The molecule has 4 aromatic rings. The molecule has 0 amide bonds. The standard InChI is InChI=1S/C24H20ClN3O4S/c1-27-19-7-4-3-6-17(19)22(15-9-11-16(25)12-10-15)23(24(27)29)18-14-20(21-8-5-13-32-21)28(26-18)33(2,30)31/h3-13,20H,14H2,1-2H3. The van der Waals surface area contributed by atoms with E-state index in [0.717, 1.165) is 27.1 Å². The molecule has 1 aliphatic heterocycles. The smallest absolute Gasteiger partial charge is 0.260 e. The second-order valence-electron chi connectivity index (χ2n) is 7.96. The van der Waals surface area contributed by atoms with Crippen LogP contribution in [0.4, 0.5) is 0 Å². The van der Waals surface area contributed by atoms with Crippen LogP contribution in [0, 0.1) is 0 Å². The molecule has 0 bridgehead atoms. The van der Waals surface area contributed by atoms with E-state index in [1.165, 1.54) is 6.26 Å². The molecule has 0 spiro atoms. The predicted octanol–water partition coefficient (Wildman–Crippen LogP) is 4.56. The minimum atomic E-state index is -3.71. The Morgan fingerprint density at radius 2 is 1.76 bits per heavy atom. The summed E-state index contributed by atoms with van der Waals surface area (Å²) in [6.07, 6.45) is 2.78. The number of nitrogens with zero attached hydrogens (tertiary/aromatic N) is 3. The maximum Gasteiger partial charge on any atom is 0.260 e. The van der Waals surface area contributed by atoms with E-state index in [1.54, 1.807) is 35.9 Å². The maximum atomic E-state index is 13.6. The monoisotopic (exact) mass is 481 g/mol. The molecule has 0 saturated carbocycles. The summed E-state index contributed by atoms with van der Waals surface area (Å²) in [5.41, 5.74) is 2.73. The Labute approximate surface area is 195 Å². The van der Waals surface area contributed by atoms with E-state index >= 15 is 0 Å². The van der Waals surface area contributed by atoms with Crippen LogP contribution in [0.25, 0.3) is 22.0 Å². The summed E-state index contributed by atoms with van der Waals surface area (Å²) in [5.74, 6) is 0.463. The molecule has 2 aromatic carbocycles. The molecule has 3 heterocycles. The third kappa shape index (κ3) is 3.65. The van der Waals surface area contributed by atoms with Crippen LogP contribution in [0.1, 0.15) is 23.8 Å². The fraction of sp³-hybridized carbons (Fsp3) is 0.167. The van der Waals surface area contributed by atoms with Gasteiger partial charge in [0.1, 0.15) is 11.8 Å². The highest BCUT2D eigenvalue weighted by atomic mass is 35.5. The van der Waals surface area contributed by atoms with Gasteiger partial charge in [-0.15, -0.1) is 0 Å². The van der Waals surface area contributed by atoms with E-state index in [1.807, 2.05) is 36.4 Å². The molecule has 2 aromatic heterocycles. The van der Waals surface area contributed by atoms with Crippen LogP contribution in [0.2, 0.25) is 5.02 Å². The van der Waals surface area contributed by atoms with Gasteiger partial charge in [0.2, 0.25) is 10.0 Å². The summed E-state index contributed by atoms with van der Waals surface area (Å²) in [6.45, 7) is 0. The lowest BCUT2D eigenvalue weighted by atomic mass is 9.91. The third-order valence-electron chi connectivity index (χ3n) is 5.81. The maximum absolute atomic E-state index is 13.6. The van der Waals surface area contributed by atoms with Crippen molar-refractivity contribution < 1.29 is 12.8 Å². The first-order valence-corrected chi connectivity index (χ1v) is 12.5. The van der Waals surface area contributed by atoms with Crippen molar-refractivity contribution >= 4 is 38.2 Å². The van der Waals surface area contributed by atoms with Crippen LogP contribution >= 0.6 is 11.6 Å².